The molecule has 0 atom stereocenters. The lowest BCUT2D eigenvalue weighted by molar-refractivity contribution is 0.593. The van der Waals surface area contributed by atoms with Gasteiger partial charge in [-0.05, 0) is 36.5 Å². The van der Waals surface area contributed by atoms with Gasteiger partial charge in [-0.25, -0.2) is 4.98 Å². The van der Waals surface area contributed by atoms with Crippen LogP contribution in [0.25, 0.3) is 10.2 Å². The normalized spacial score (nSPS) is 18.8. The number of thiazole rings is 1. The SMILES string of the molecule is c1nc2ccc(C3CCCCCC3)cc2s1. The lowest BCUT2D eigenvalue weighted by Gasteiger charge is -2.14. The van der Waals surface area contributed by atoms with Crippen molar-refractivity contribution in [3.8, 4) is 0 Å². The van der Waals surface area contributed by atoms with Crippen molar-refractivity contribution in [1.82, 2.24) is 4.98 Å². The molecule has 2 aromatic rings. The van der Waals surface area contributed by atoms with E-state index in [9.17, 15) is 0 Å². The van der Waals surface area contributed by atoms with Crippen molar-refractivity contribution in [2.24, 2.45) is 0 Å². The van der Waals surface area contributed by atoms with E-state index in [-0.39, 0.29) is 0 Å². The van der Waals surface area contributed by atoms with Gasteiger partial charge in [-0.3, -0.25) is 0 Å². The highest BCUT2D eigenvalue weighted by Gasteiger charge is 2.14. The van der Waals surface area contributed by atoms with Crippen molar-refractivity contribution in [2.75, 3.05) is 0 Å². The van der Waals surface area contributed by atoms with Crippen LogP contribution in [0.5, 0.6) is 0 Å². The molecule has 0 bridgehead atoms. The smallest absolute Gasteiger partial charge is 0.0812 e. The molecule has 0 unspecified atom stereocenters. The molecule has 84 valence electrons. The van der Waals surface area contributed by atoms with Crippen LogP contribution in [0.3, 0.4) is 0 Å². The summed E-state index contributed by atoms with van der Waals surface area (Å²) in [6, 6.07) is 6.84. The Hall–Kier alpha value is -0.890. The number of nitrogens with zero attached hydrogens (tertiary/aromatic N) is 1. The predicted octanol–water partition coefficient (Wildman–Crippen LogP) is 4.73. The molecule has 1 fully saturated rings. The Kier molecular flexibility index (Phi) is 2.92. The summed E-state index contributed by atoms with van der Waals surface area (Å²) in [5.74, 6) is 0.800. The molecule has 1 aliphatic rings. The first-order valence-corrected chi connectivity index (χ1v) is 7.14. The minimum atomic E-state index is 0.800. The lowest BCUT2D eigenvalue weighted by atomic mass is 9.92. The molecular weight excluding hydrogens is 214 g/mol. The second-order valence-corrected chi connectivity index (χ2v) is 5.65. The van der Waals surface area contributed by atoms with Crippen LogP contribution in [-0.2, 0) is 0 Å². The second kappa shape index (κ2) is 4.54. The van der Waals surface area contributed by atoms with Gasteiger partial charge in [0.1, 0.15) is 0 Å². The number of aromatic nitrogens is 1. The predicted molar refractivity (Wildman–Crippen MR) is 70.1 cm³/mol. The Labute approximate surface area is 101 Å². The van der Waals surface area contributed by atoms with Gasteiger partial charge >= 0.3 is 0 Å². The molecule has 0 radical (unpaired) electrons. The number of fused-ring (bicyclic) bond motifs is 1. The Morgan fingerprint density at radius 1 is 1.06 bits per heavy atom. The van der Waals surface area contributed by atoms with Crippen LogP contribution in [0.4, 0.5) is 0 Å². The highest BCUT2D eigenvalue weighted by atomic mass is 32.1. The molecule has 0 spiro atoms. The molecule has 1 aromatic carbocycles. The zero-order valence-electron chi connectivity index (χ0n) is 9.48. The third-order valence-electron chi connectivity index (χ3n) is 3.68. The van der Waals surface area contributed by atoms with Gasteiger partial charge in [-0.15, -0.1) is 11.3 Å². The first kappa shape index (κ1) is 10.3. The Bertz CT molecular complexity index is 466. The summed E-state index contributed by atoms with van der Waals surface area (Å²) in [7, 11) is 0. The summed E-state index contributed by atoms with van der Waals surface area (Å²) < 4.78 is 1.35. The van der Waals surface area contributed by atoms with Gasteiger partial charge < -0.3 is 0 Å². The van der Waals surface area contributed by atoms with Crippen LogP contribution in [0.15, 0.2) is 23.7 Å². The maximum absolute atomic E-state index is 4.34. The van der Waals surface area contributed by atoms with Crippen molar-refractivity contribution >= 4 is 21.6 Å². The molecule has 1 heterocycles. The fourth-order valence-electron chi connectivity index (χ4n) is 2.74. The summed E-state index contributed by atoms with van der Waals surface area (Å²) in [5.41, 5.74) is 4.64. The van der Waals surface area contributed by atoms with Crippen molar-refractivity contribution < 1.29 is 0 Å². The fraction of sp³-hybridized carbons (Fsp3) is 0.500. The minimum absolute atomic E-state index is 0.800. The van der Waals surface area contributed by atoms with Crippen LogP contribution in [0.2, 0.25) is 0 Å². The third kappa shape index (κ3) is 1.99. The van der Waals surface area contributed by atoms with E-state index in [2.05, 4.69) is 23.2 Å². The van der Waals surface area contributed by atoms with Gasteiger partial charge in [0, 0.05) is 0 Å². The maximum Gasteiger partial charge on any atom is 0.0812 e. The van der Waals surface area contributed by atoms with Crippen molar-refractivity contribution in [1.29, 1.82) is 0 Å². The molecule has 0 aliphatic heterocycles. The van der Waals surface area contributed by atoms with E-state index in [0.29, 0.717) is 0 Å². The average molecular weight is 231 g/mol. The van der Waals surface area contributed by atoms with Gasteiger partial charge in [-0.2, -0.15) is 0 Å². The van der Waals surface area contributed by atoms with Crippen LogP contribution >= 0.6 is 11.3 Å². The molecule has 0 saturated heterocycles. The van der Waals surface area contributed by atoms with Crippen molar-refractivity contribution in [3.63, 3.8) is 0 Å². The number of hydrogen-bond acceptors (Lipinski definition) is 2. The topological polar surface area (TPSA) is 12.9 Å². The monoisotopic (exact) mass is 231 g/mol. The van der Waals surface area contributed by atoms with Crippen LogP contribution < -0.4 is 0 Å². The first-order valence-electron chi connectivity index (χ1n) is 6.26. The van der Waals surface area contributed by atoms with Crippen LogP contribution in [0.1, 0.15) is 50.0 Å². The van der Waals surface area contributed by atoms with Gasteiger partial charge in [-0.1, -0.05) is 31.7 Å². The van der Waals surface area contributed by atoms with Crippen LogP contribution in [-0.4, -0.2) is 4.98 Å². The Morgan fingerprint density at radius 3 is 2.69 bits per heavy atom. The van der Waals surface area contributed by atoms with E-state index in [1.165, 1.54) is 43.2 Å². The summed E-state index contributed by atoms with van der Waals surface area (Å²) in [4.78, 5) is 4.34. The fourth-order valence-corrected chi connectivity index (χ4v) is 3.46. The molecule has 1 nitrogen and oxygen atoms in total. The average Bonchev–Trinajstić information content (AvgIpc) is 2.61. The van der Waals surface area contributed by atoms with E-state index in [4.69, 9.17) is 0 Å². The molecule has 16 heavy (non-hydrogen) atoms. The molecular formula is C14H17NS. The summed E-state index contributed by atoms with van der Waals surface area (Å²) in [6.07, 6.45) is 8.43. The third-order valence-corrected chi connectivity index (χ3v) is 4.47. The van der Waals surface area contributed by atoms with Gasteiger partial charge in [0.15, 0.2) is 0 Å². The Morgan fingerprint density at radius 2 is 1.88 bits per heavy atom. The number of rotatable bonds is 1. The van der Waals surface area contributed by atoms with E-state index in [1.807, 2.05) is 5.51 Å². The van der Waals surface area contributed by atoms with Crippen LogP contribution in [0, 0.1) is 0 Å². The molecule has 0 amide bonds. The van der Waals surface area contributed by atoms with Gasteiger partial charge in [0.2, 0.25) is 0 Å². The van der Waals surface area contributed by atoms with E-state index >= 15 is 0 Å². The number of hydrogen-bond donors (Lipinski definition) is 0. The van der Waals surface area contributed by atoms with Gasteiger partial charge in [0.05, 0.1) is 15.7 Å². The largest absolute Gasteiger partial charge is 0.245 e. The first-order chi connectivity index (χ1) is 7.93. The zero-order valence-corrected chi connectivity index (χ0v) is 10.3. The highest BCUT2D eigenvalue weighted by Crippen LogP contribution is 2.33. The quantitative estimate of drug-likeness (QED) is 0.646. The van der Waals surface area contributed by atoms with Crippen molar-refractivity contribution in [2.45, 2.75) is 44.4 Å². The zero-order chi connectivity index (χ0) is 10.8. The molecule has 1 aliphatic carbocycles. The maximum atomic E-state index is 4.34. The molecule has 3 rings (SSSR count). The summed E-state index contributed by atoms with van der Waals surface area (Å²) in [5, 5.41) is 0. The lowest BCUT2D eigenvalue weighted by Crippen LogP contribution is -1.96. The van der Waals surface area contributed by atoms with Gasteiger partial charge in [0.25, 0.3) is 0 Å². The Balaban J connectivity index is 1.91. The molecule has 1 saturated carbocycles. The van der Waals surface area contributed by atoms with Crippen molar-refractivity contribution in [3.05, 3.63) is 29.3 Å². The minimum Gasteiger partial charge on any atom is -0.245 e. The number of benzene rings is 1. The van der Waals surface area contributed by atoms with E-state index in [0.717, 1.165) is 11.4 Å². The molecule has 2 heteroatoms. The van der Waals surface area contributed by atoms with E-state index in [1.54, 1.807) is 16.9 Å². The standard InChI is InChI=1S/C14H17NS/c1-2-4-6-11(5-3-1)12-7-8-13-14(9-12)16-10-15-13/h7-11H,1-6H2. The summed E-state index contributed by atoms with van der Waals surface area (Å²) in [6.45, 7) is 0. The molecule has 0 N–H and O–H groups in total. The highest BCUT2D eigenvalue weighted by molar-refractivity contribution is 7.16. The summed E-state index contributed by atoms with van der Waals surface area (Å²) >= 11 is 1.76. The molecule has 1 aromatic heterocycles. The second-order valence-electron chi connectivity index (χ2n) is 4.77. The van der Waals surface area contributed by atoms with E-state index < -0.39 is 0 Å².